The van der Waals surface area contributed by atoms with Gasteiger partial charge in [0.1, 0.15) is 48.8 Å². The first-order valence-electron chi connectivity index (χ1n) is 15.3. The van der Waals surface area contributed by atoms with E-state index in [1.807, 2.05) is 6.92 Å². The fourth-order valence-electron chi connectivity index (χ4n) is 4.87. The summed E-state index contributed by atoms with van der Waals surface area (Å²) < 4.78 is 58.7. The lowest BCUT2D eigenvalue weighted by Crippen LogP contribution is -2.47. The summed E-state index contributed by atoms with van der Waals surface area (Å²) in [6.45, 7) is 4.76. The highest BCUT2D eigenvalue weighted by Gasteiger charge is 2.54. The van der Waals surface area contributed by atoms with Crippen LogP contribution in [-0.4, -0.2) is 103 Å². The number of benzene rings is 1. The molecule has 0 radical (unpaired) electrons. The smallest absolute Gasteiger partial charge is 0.432 e. The molecule has 1 aliphatic heterocycles. The molecule has 20 heteroatoms. The zero-order valence-electron chi connectivity index (χ0n) is 27.6. The average molecular weight is 749 g/mol. The number of aliphatic hydroxyl groups excluding tert-OH is 2. The first-order valence-corrected chi connectivity index (χ1v) is 17.3. The van der Waals surface area contributed by atoms with E-state index < -0.39 is 87.6 Å². The molecule has 0 saturated carbocycles. The van der Waals surface area contributed by atoms with Crippen molar-refractivity contribution in [3.05, 3.63) is 53.2 Å². The first kappa shape index (κ1) is 39.2. The van der Waals surface area contributed by atoms with E-state index in [2.05, 4.69) is 15.3 Å². The van der Waals surface area contributed by atoms with Crippen LogP contribution in [0.2, 0.25) is 5.28 Å². The lowest BCUT2D eigenvalue weighted by atomic mass is 10.1. The molecule has 1 fully saturated rings. The van der Waals surface area contributed by atoms with Gasteiger partial charge in [0.25, 0.3) is 0 Å². The number of aromatic nitrogens is 3. The van der Waals surface area contributed by atoms with Gasteiger partial charge in [-0.2, -0.15) is 4.98 Å². The number of rotatable bonds is 14. The minimum atomic E-state index is -5.47. The van der Waals surface area contributed by atoms with E-state index in [0.29, 0.717) is 11.2 Å². The summed E-state index contributed by atoms with van der Waals surface area (Å²) in [4.78, 5) is 53.4. The van der Waals surface area contributed by atoms with Gasteiger partial charge >= 0.3 is 19.9 Å². The van der Waals surface area contributed by atoms with E-state index in [1.54, 1.807) is 18.2 Å². The van der Waals surface area contributed by atoms with E-state index >= 15 is 0 Å². The molecule has 0 aliphatic carbocycles. The highest BCUT2D eigenvalue weighted by Crippen LogP contribution is 2.52. The molecule has 5 atom stereocenters. The van der Waals surface area contributed by atoms with Crippen molar-refractivity contribution >= 4 is 48.4 Å². The molecule has 5 N–H and O–H groups in total. The van der Waals surface area contributed by atoms with Crippen molar-refractivity contribution in [1.29, 1.82) is 0 Å². The molecule has 4 rings (SSSR count). The van der Waals surface area contributed by atoms with Gasteiger partial charge in [-0.3, -0.25) is 4.57 Å². The van der Waals surface area contributed by atoms with Crippen LogP contribution < -0.4 is 5.32 Å². The van der Waals surface area contributed by atoms with E-state index in [1.165, 1.54) is 50.6 Å². The lowest BCUT2D eigenvalue weighted by Gasteiger charge is -2.33. The molecule has 17 nitrogen and oxygen atoms in total. The van der Waals surface area contributed by atoms with Crippen molar-refractivity contribution < 1.29 is 67.0 Å². The molecule has 1 aromatic carbocycles. The molecular formula is C30H39ClFN4O13P. The van der Waals surface area contributed by atoms with Crippen LogP contribution in [0.25, 0.3) is 11.0 Å². The summed E-state index contributed by atoms with van der Waals surface area (Å²) in [5, 5.41) is 22.6. The van der Waals surface area contributed by atoms with Crippen LogP contribution in [0.3, 0.4) is 0 Å². The van der Waals surface area contributed by atoms with Gasteiger partial charge in [0.15, 0.2) is 6.23 Å². The van der Waals surface area contributed by atoms with E-state index in [0.717, 1.165) is 5.56 Å². The number of fused-ring (bicyclic) bond motifs is 1. The Hall–Kier alpha value is -3.61. The Bertz CT molecular complexity index is 1660. The highest BCUT2D eigenvalue weighted by atomic mass is 35.5. The van der Waals surface area contributed by atoms with Crippen LogP contribution in [0.4, 0.5) is 19.8 Å². The molecule has 0 spiro atoms. The number of nitrogens with one attached hydrogen (secondary N) is 1. The standard InChI is InChI=1S/C30H39ClFN4O13P/c1-15(2)47-28(39)44-13-30(50(41,42)43,14-45-29(40)48-16(3)4)46-12-21-22(37)23(38)26(49-21)36-11-10-20-24(34-27(31)35-25(20)36)33-17(5)18-6-8-19(32)9-7-18/h6-11,15-17,21-23,26,37-38H,12-14H2,1-5H3,(H,33,34,35)(H2,41,42,43)/t17?,21-,22-,23-,26-/m1/s1. The summed E-state index contributed by atoms with van der Waals surface area (Å²) in [5.41, 5.74) is 0.945. The number of carbonyl (C=O) groups excluding carboxylic acids is 2. The Morgan fingerprint density at radius 3 is 2.12 bits per heavy atom. The summed E-state index contributed by atoms with van der Waals surface area (Å²) >= 11 is 6.24. The molecule has 0 amide bonds. The quantitative estimate of drug-likeness (QED) is 0.0890. The summed E-state index contributed by atoms with van der Waals surface area (Å²) in [6.07, 6.45) is -8.42. The normalized spacial score (nSPS) is 20.3. The minimum absolute atomic E-state index is 0.169. The Morgan fingerprint density at radius 1 is 1.00 bits per heavy atom. The number of halogens is 2. The van der Waals surface area contributed by atoms with Gasteiger partial charge in [-0.15, -0.1) is 0 Å². The second-order valence-corrected chi connectivity index (χ2v) is 14.2. The maximum Gasteiger partial charge on any atom is 0.508 e. The van der Waals surface area contributed by atoms with Gasteiger partial charge in [-0.05, 0) is 70.0 Å². The first-order chi connectivity index (χ1) is 23.4. The maximum absolute atomic E-state index is 13.4. The number of carbonyl (C=O) groups is 2. The Morgan fingerprint density at radius 2 is 1.58 bits per heavy atom. The largest absolute Gasteiger partial charge is 0.508 e. The molecule has 2 aromatic heterocycles. The van der Waals surface area contributed by atoms with Crippen molar-refractivity contribution in [2.24, 2.45) is 0 Å². The number of aliphatic hydroxyl groups is 2. The molecule has 3 heterocycles. The molecular weight excluding hydrogens is 710 g/mol. The fraction of sp³-hybridized carbons (Fsp3) is 0.533. The molecule has 1 aliphatic rings. The van der Waals surface area contributed by atoms with Crippen LogP contribution in [0.5, 0.6) is 0 Å². The Kier molecular flexibility index (Phi) is 12.7. The summed E-state index contributed by atoms with van der Waals surface area (Å²) in [6, 6.07) is 7.13. The van der Waals surface area contributed by atoms with Crippen molar-refractivity contribution in [3.63, 3.8) is 0 Å². The fourth-order valence-corrected chi connectivity index (χ4v) is 5.74. The zero-order valence-corrected chi connectivity index (χ0v) is 29.3. The number of hydrogen-bond acceptors (Lipinski definition) is 14. The predicted octanol–water partition coefficient (Wildman–Crippen LogP) is 4.03. The van der Waals surface area contributed by atoms with E-state index in [9.17, 15) is 38.5 Å². The van der Waals surface area contributed by atoms with Gasteiger partial charge in [0.2, 0.25) is 10.6 Å². The highest BCUT2D eigenvalue weighted by molar-refractivity contribution is 7.53. The second-order valence-electron chi connectivity index (χ2n) is 12.0. The van der Waals surface area contributed by atoms with Gasteiger partial charge in [0, 0.05) is 12.2 Å². The van der Waals surface area contributed by atoms with Crippen LogP contribution in [0, 0.1) is 5.82 Å². The molecule has 1 unspecified atom stereocenters. The van der Waals surface area contributed by atoms with Gasteiger partial charge < -0.3 is 58.3 Å². The lowest BCUT2D eigenvalue weighted by molar-refractivity contribution is -0.129. The minimum Gasteiger partial charge on any atom is -0.432 e. The third-order valence-electron chi connectivity index (χ3n) is 7.42. The van der Waals surface area contributed by atoms with Crippen molar-refractivity contribution in [2.45, 2.75) is 82.8 Å². The van der Waals surface area contributed by atoms with Crippen LogP contribution in [0.15, 0.2) is 36.5 Å². The zero-order chi connectivity index (χ0) is 37.0. The third kappa shape index (κ3) is 9.38. The summed E-state index contributed by atoms with van der Waals surface area (Å²) in [7, 11) is -5.47. The predicted molar refractivity (Wildman–Crippen MR) is 173 cm³/mol. The SMILES string of the molecule is CC(C)OC(=O)OCC(COC(=O)OC(C)C)(OC[C@H]1O[C@@H](n2ccc3c(NC(C)c4ccc(F)cc4)nc(Cl)nc32)[C@H](O)[C@@H]1O)P(=O)(O)O. The molecule has 1 saturated heterocycles. The van der Waals surface area contributed by atoms with Gasteiger partial charge in [-0.1, -0.05) is 12.1 Å². The number of ether oxygens (including phenoxy) is 6. The topological polar surface area (TPSA) is 230 Å². The monoisotopic (exact) mass is 748 g/mol. The number of anilines is 1. The molecule has 0 bridgehead atoms. The average Bonchev–Trinajstić information content (AvgIpc) is 3.55. The number of nitrogens with zero attached hydrogens (tertiary/aromatic N) is 3. The van der Waals surface area contributed by atoms with Crippen molar-refractivity contribution in [2.75, 3.05) is 25.1 Å². The van der Waals surface area contributed by atoms with Gasteiger partial charge in [0.05, 0.1) is 24.2 Å². The number of hydrogen-bond donors (Lipinski definition) is 5. The van der Waals surface area contributed by atoms with Gasteiger partial charge in [-0.25, -0.2) is 19.0 Å². The summed E-state index contributed by atoms with van der Waals surface area (Å²) in [5.74, 6) is -0.0832. The van der Waals surface area contributed by atoms with Crippen molar-refractivity contribution in [3.8, 4) is 0 Å². The molecule has 50 heavy (non-hydrogen) atoms. The van der Waals surface area contributed by atoms with Crippen LogP contribution >= 0.6 is 19.2 Å². The Labute approximate surface area is 290 Å². The third-order valence-corrected chi connectivity index (χ3v) is 9.04. The second kappa shape index (κ2) is 16.2. The Balaban J connectivity index is 1.56. The maximum atomic E-state index is 13.4. The van der Waals surface area contributed by atoms with E-state index in [-0.39, 0.29) is 17.0 Å². The van der Waals surface area contributed by atoms with Crippen LogP contribution in [0.1, 0.15) is 52.5 Å². The molecule has 3 aromatic rings. The van der Waals surface area contributed by atoms with Crippen molar-refractivity contribution in [1.82, 2.24) is 14.5 Å². The van der Waals surface area contributed by atoms with Crippen LogP contribution in [-0.2, 0) is 33.0 Å². The van der Waals surface area contributed by atoms with E-state index in [4.69, 9.17) is 40.0 Å². The molecule has 276 valence electrons.